The van der Waals surface area contributed by atoms with Crippen molar-refractivity contribution in [1.82, 2.24) is 14.5 Å². The van der Waals surface area contributed by atoms with Gasteiger partial charge in [-0.1, -0.05) is 0 Å². The summed E-state index contributed by atoms with van der Waals surface area (Å²) in [5.74, 6) is -0.262. The fraction of sp³-hybridized carbons (Fsp3) is 0.158. The molecule has 4 nitrogen and oxygen atoms in total. The third kappa shape index (κ3) is 3.13. The SMILES string of the molecule is Fc1ccc(NC(=S)N2CCn3cccc3[C@@H]2c2ccncc2)cc1. The zero-order chi connectivity index (χ0) is 17.2. The molecule has 1 aliphatic heterocycles. The van der Waals surface area contributed by atoms with Gasteiger partial charge in [-0.05, 0) is 66.3 Å². The Morgan fingerprint density at radius 1 is 1.08 bits per heavy atom. The fourth-order valence-electron chi connectivity index (χ4n) is 3.23. The van der Waals surface area contributed by atoms with Crippen LogP contribution in [0.5, 0.6) is 0 Å². The lowest BCUT2D eigenvalue weighted by atomic mass is 10.0. The molecular formula is C19H17FN4S. The van der Waals surface area contributed by atoms with Gasteiger partial charge in [0, 0.05) is 43.1 Å². The highest BCUT2D eigenvalue weighted by atomic mass is 32.1. The van der Waals surface area contributed by atoms with Gasteiger partial charge >= 0.3 is 0 Å². The number of benzene rings is 1. The molecule has 1 aromatic carbocycles. The summed E-state index contributed by atoms with van der Waals surface area (Å²) in [7, 11) is 0. The van der Waals surface area contributed by atoms with Crippen LogP contribution in [0.3, 0.4) is 0 Å². The van der Waals surface area contributed by atoms with Crippen molar-refractivity contribution in [3.05, 3.63) is 84.2 Å². The van der Waals surface area contributed by atoms with Crippen LogP contribution in [0.1, 0.15) is 17.3 Å². The molecule has 0 saturated heterocycles. The molecule has 3 aromatic rings. The molecule has 3 heterocycles. The number of hydrogen-bond donors (Lipinski definition) is 1. The zero-order valence-electron chi connectivity index (χ0n) is 13.5. The van der Waals surface area contributed by atoms with Crippen molar-refractivity contribution in [2.24, 2.45) is 0 Å². The highest BCUT2D eigenvalue weighted by Crippen LogP contribution is 2.32. The molecule has 0 saturated carbocycles. The predicted molar refractivity (Wildman–Crippen MR) is 99.8 cm³/mol. The molecule has 0 radical (unpaired) electrons. The van der Waals surface area contributed by atoms with Gasteiger partial charge < -0.3 is 14.8 Å². The minimum atomic E-state index is -0.262. The lowest BCUT2D eigenvalue weighted by molar-refractivity contribution is 0.293. The van der Waals surface area contributed by atoms with E-state index in [4.69, 9.17) is 12.2 Å². The number of hydrogen-bond acceptors (Lipinski definition) is 2. The molecule has 1 atom stereocenters. The second kappa shape index (κ2) is 6.64. The Kier molecular flexibility index (Phi) is 4.19. The molecule has 4 rings (SSSR count). The smallest absolute Gasteiger partial charge is 0.174 e. The normalized spacial score (nSPS) is 16.4. The number of nitrogens with zero attached hydrogens (tertiary/aromatic N) is 3. The minimum absolute atomic E-state index is 0.0206. The molecule has 2 aromatic heterocycles. The van der Waals surface area contributed by atoms with Gasteiger partial charge in [-0.2, -0.15) is 0 Å². The Hall–Kier alpha value is -2.73. The summed E-state index contributed by atoms with van der Waals surface area (Å²) in [6, 6.07) is 14.5. The number of aromatic nitrogens is 2. The molecule has 0 fully saturated rings. The number of halogens is 1. The molecular weight excluding hydrogens is 335 g/mol. The quantitative estimate of drug-likeness (QED) is 0.711. The third-order valence-corrected chi connectivity index (χ3v) is 4.75. The van der Waals surface area contributed by atoms with Crippen LogP contribution < -0.4 is 5.32 Å². The predicted octanol–water partition coefficient (Wildman–Crippen LogP) is 3.82. The van der Waals surface area contributed by atoms with E-state index in [-0.39, 0.29) is 11.9 Å². The van der Waals surface area contributed by atoms with Crippen LogP contribution in [0.15, 0.2) is 67.1 Å². The maximum absolute atomic E-state index is 13.1. The van der Waals surface area contributed by atoms with E-state index in [1.54, 1.807) is 24.5 Å². The number of rotatable bonds is 2. The summed E-state index contributed by atoms with van der Waals surface area (Å²) in [6.45, 7) is 1.66. The standard InChI is InChI=1S/C19H17FN4S/c20-15-3-5-16(6-4-15)22-19(25)24-13-12-23-11-1-2-17(23)18(24)14-7-9-21-10-8-14/h1-11,18H,12-13H2,(H,22,25)/t18-/m0/s1. The van der Waals surface area contributed by atoms with Gasteiger partial charge in [-0.3, -0.25) is 4.98 Å². The third-order valence-electron chi connectivity index (χ3n) is 4.42. The maximum atomic E-state index is 13.1. The first-order chi connectivity index (χ1) is 12.2. The van der Waals surface area contributed by atoms with Crippen molar-refractivity contribution < 1.29 is 4.39 Å². The summed E-state index contributed by atoms with van der Waals surface area (Å²) in [6.07, 6.45) is 5.69. The lowest BCUT2D eigenvalue weighted by Crippen LogP contribution is -2.44. The number of pyridine rings is 1. The first-order valence-corrected chi connectivity index (χ1v) is 8.51. The zero-order valence-corrected chi connectivity index (χ0v) is 14.3. The average molecular weight is 352 g/mol. The average Bonchev–Trinajstić information content (AvgIpc) is 3.12. The van der Waals surface area contributed by atoms with Gasteiger partial charge in [0.2, 0.25) is 0 Å². The van der Waals surface area contributed by atoms with Crippen molar-refractivity contribution in [2.45, 2.75) is 12.6 Å². The highest BCUT2D eigenvalue weighted by Gasteiger charge is 2.30. The van der Waals surface area contributed by atoms with E-state index in [0.29, 0.717) is 5.11 Å². The van der Waals surface area contributed by atoms with Crippen LogP contribution in [-0.2, 0) is 6.54 Å². The van der Waals surface area contributed by atoms with Crippen LogP contribution in [-0.4, -0.2) is 26.1 Å². The van der Waals surface area contributed by atoms with Crippen molar-refractivity contribution in [1.29, 1.82) is 0 Å². The van der Waals surface area contributed by atoms with E-state index < -0.39 is 0 Å². The summed E-state index contributed by atoms with van der Waals surface area (Å²) in [4.78, 5) is 6.29. The highest BCUT2D eigenvalue weighted by molar-refractivity contribution is 7.80. The van der Waals surface area contributed by atoms with Crippen molar-refractivity contribution in [3.8, 4) is 0 Å². The number of nitrogens with one attached hydrogen (secondary N) is 1. The van der Waals surface area contributed by atoms with Gasteiger partial charge in [-0.25, -0.2) is 4.39 Å². The molecule has 0 bridgehead atoms. The molecule has 126 valence electrons. The van der Waals surface area contributed by atoms with E-state index >= 15 is 0 Å². The maximum Gasteiger partial charge on any atom is 0.174 e. The summed E-state index contributed by atoms with van der Waals surface area (Å²) >= 11 is 5.67. The number of thiocarbonyl (C=S) groups is 1. The minimum Gasteiger partial charge on any atom is -0.348 e. The van der Waals surface area contributed by atoms with E-state index in [1.807, 2.05) is 12.1 Å². The van der Waals surface area contributed by atoms with Gasteiger partial charge in [-0.15, -0.1) is 0 Å². The van der Waals surface area contributed by atoms with Gasteiger partial charge in [0.1, 0.15) is 5.82 Å². The molecule has 0 amide bonds. The van der Waals surface area contributed by atoms with E-state index in [9.17, 15) is 4.39 Å². The van der Waals surface area contributed by atoms with Crippen LogP contribution in [0, 0.1) is 5.82 Å². The summed E-state index contributed by atoms with van der Waals surface area (Å²) in [5.41, 5.74) is 3.11. The van der Waals surface area contributed by atoms with Crippen LogP contribution in [0.25, 0.3) is 0 Å². The van der Waals surface area contributed by atoms with Gasteiger partial charge in [0.15, 0.2) is 5.11 Å². The molecule has 1 N–H and O–H groups in total. The molecule has 0 spiro atoms. The Morgan fingerprint density at radius 2 is 1.84 bits per heavy atom. The topological polar surface area (TPSA) is 33.1 Å². The second-order valence-electron chi connectivity index (χ2n) is 5.94. The van der Waals surface area contributed by atoms with Crippen molar-refractivity contribution >= 4 is 23.0 Å². The second-order valence-corrected chi connectivity index (χ2v) is 6.33. The van der Waals surface area contributed by atoms with Crippen molar-refractivity contribution in [2.75, 3.05) is 11.9 Å². The van der Waals surface area contributed by atoms with Crippen LogP contribution in [0.2, 0.25) is 0 Å². The van der Waals surface area contributed by atoms with Crippen LogP contribution >= 0.6 is 12.2 Å². The molecule has 0 aliphatic carbocycles. The van der Waals surface area contributed by atoms with E-state index in [0.717, 1.165) is 24.3 Å². The monoisotopic (exact) mass is 352 g/mol. The van der Waals surface area contributed by atoms with Gasteiger partial charge in [0.25, 0.3) is 0 Å². The molecule has 25 heavy (non-hydrogen) atoms. The number of fused-ring (bicyclic) bond motifs is 1. The van der Waals surface area contributed by atoms with E-state index in [1.165, 1.54) is 17.8 Å². The molecule has 1 aliphatic rings. The first kappa shape index (κ1) is 15.8. The molecule has 6 heteroatoms. The lowest BCUT2D eigenvalue weighted by Gasteiger charge is -2.39. The Morgan fingerprint density at radius 3 is 2.60 bits per heavy atom. The molecule has 0 unspecified atom stereocenters. The Labute approximate surface area is 150 Å². The first-order valence-electron chi connectivity index (χ1n) is 8.10. The fourth-order valence-corrected chi connectivity index (χ4v) is 3.54. The van der Waals surface area contributed by atoms with Crippen molar-refractivity contribution in [3.63, 3.8) is 0 Å². The summed E-state index contributed by atoms with van der Waals surface area (Å²) in [5, 5.41) is 3.85. The largest absolute Gasteiger partial charge is 0.348 e. The van der Waals surface area contributed by atoms with Gasteiger partial charge in [0.05, 0.1) is 6.04 Å². The summed E-state index contributed by atoms with van der Waals surface area (Å²) < 4.78 is 15.4. The van der Waals surface area contributed by atoms with E-state index in [2.05, 4.69) is 38.1 Å². The Balaban J connectivity index is 1.65. The number of anilines is 1. The Bertz CT molecular complexity index is 876. The van der Waals surface area contributed by atoms with Crippen LogP contribution in [0.4, 0.5) is 10.1 Å².